The first-order chi connectivity index (χ1) is 9.96. The molecule has 112 valence electrons. The van der Waals surface area contributed by atoms with E-state index in [0.29, 0.717) is 17.4 Å². The Morgan fingerprint density at radius 1 is 1.29 bits per heavy atom. The number of benzene rings is 1. The SMILES string of the molecule is CCc1nn(Cc2cc(F)cc(Br)c2)c(CC)c1C(C)=O. The minimum absolute atomic E-state index is 0.0374. The number of rotatable bonds is 5. The molecule has 0 aliphatic carbocycles. The van der Waals surface area contributed by atoms with Gasteiger partial charge >= 0.3 is 0 Å². The molecule has 0 N–H and O–H groups in total. The zero-order valence-electron chi connectivity index (χ0n) is 12.4. The van der Waals surface area contributed by atoms with E-state index in [1.54, 1.807) is 6.92 Å². The standard InChI is InChI=1S/C16H18BrFN2O/c1-4-14-16(10(3)21)15(5-2)20(19-14)9-11-6-12(17)8-13(18)7-11/h6-8H,4-5,9H2,1-3H3. The van der Waals surface area contributed by atoms with Gasteiger partial charge in [0.1, 0.15) is 5.82 Å². The lowest BCUT2D eigenvalue weighted by molar-refractivity contribution is 0.101. The van der Waals surface area contributed by atoms with Crippen LogP contribution in [-0.2, 0) is 19.4 Å². The lowest BCUT2D eigenvalue weighted by atomic mass is 10.1. The maximum Gasteiger partial charge on any atom is 0.163 e. The molecule has 0 bridgehead atoms. The van der Waals surface area contributed by atoms with Crippen molar-refractivity contribution < 1.29 is 9.18 Å². The third kappa shape index (κ3) is 3.40. The predicted molar refractivity (Wildman–Crippen MR) is 84.2 cm³/mol. The van der Waals surface area contributed by atoms with Gasteiger partial charge in [0.05, 0.1) is 17.8 Å². The average Bonchev–Trinajstić information content (AvgIpc) is 2.75. The van der Waals surface area contributed by atoms with Gasteiger partial charge in [0.25, 0.3) is 0 Å². The Morgan fingerprint density at radius 2 is 2.00 bits per heavy atom. The van der Waals surface area contributed by atoms with Crippen molar-refractivity contribution in [1.29, 1.82) is 0 Å². The maximum atomic E-state index is 13.5. The molecule has 0 saturated heterocycles. The van der Waals surface area contributed by atoms with E-state index >= 15 is 0 Å². The first-order valence-corrected chi connectivity index (χ1v) is 7.80. The molecule has 1 heterocycles. The zero-order chi connectivity index (χ0) is 15.6. The highest BCUT2D eigenvalue weighted by molar-refractivity contribution is 9.10. The van der Waals surface area contributed by atoms with Crippen molar-refractivity contribution in [3.8, 4) is 0 Å². The third-order valence-electron chi connectivity index (χ3n) is 3.41. The smallest absolute Gasteiger partial charge is 0.163 e. The molecule has 0 spiro atoms. The number of aromatic nitrogens is 2. The highest BCUT2D eigenvalue weighted by Gasteiger charge is 2.19. The number of Topliss-reactive ketones (excluding diaryl/α,β-unsaturated/α-hetero) is 1. The number of carbonyl (C=O) groups excluding carboxylic acids is 1. The van der Waals surface area contributed by atoms with Gasteiger partial charge in [-0.3, -0.25) is 9.48 Å². The Hall–Kier alpha value is -1.49. The molecule has 5 heteroatoms. The summed E-state index contributed by atoms with van der Waals surface area (Å²) in [5.41, 5.74) is 3.27. The van der Waals surface area contributed by atoms with E-state index < -0.39 is 0 Å². The summed E-state index contributed by atoms with van der Waals surface area (Å²) in [6.07, 6.45) is 1.43. The van der Waals surface area contributed by atoms with Crippen LogP contribution in [0.1, 0.15) is 48.1 Å². The van der Waals surface area contributed by atoms with Gasteiger partial charge in [-0.25, -0.2) is 4.39 Å². The van der Waals surface area contributed by atoms with Gasteiger partial charge in [-0.2, -0.15) is 5.10 Å². The second kappa shape index (κ2) is 6.52. The van der Waals surface area contributed by atoms with Crippen LogP contribution < -0.4 is 0 Å². The van der Waals surface area contributed by atoms with Crippen LogP contribution in [0.25, 0.3) is 0 Å². The predicted octanol–water partition coefficient (Wildman–Crippen LogP) is 4.16. The Balaban J connectivity index is 2.46. The minimum atomic E-state index is -0.285. The van der Waals surface area contributed by atoms with E-state index in [2.05, 4.69) is 21.0 Å². The van der Waals surface area contributed by atoms with E-state index in [-0.39, 0.29) is 11.6 Å². The summed E-state index contributed by atoms with van der Waals surface area (Å²) in [6, 6.07) is 4.78. The van der Waals surface area contributed by atoms with Crippen LogP contribution in [0, 0.1) is 5.82 Å². The molecule has 1 aromatic carbocycles. The van der Waals surface area contributed by atoms with Crippen molar-refractivity contribution >= 4 is 21.7 Å². The van der Waals surface area contributed by atoms with Crippen LogP contribution in [0.2, 0.25) is 0 Å². The summed E-state index contributed by atoms with van der Waals surface area (Å²) in [7, 11) is 0. The molecular formula is C16H18BrFN2O. The number of aryl methyl sites for hydroxylation is 1. The number of hydrogen-bond acceptors (Lipinski definition) is 2. The molecule has 0 aliphatic heterocycles. The number of nitrogens with zero attached hydrogens (tertiary/aromatic N) is 2. The van der Waals surface area contributed by atoms with Gasteiger partial charge in [-0.15, -0.1) is 0 Å². The number of hydrogen-bond donors (Lipinski definition) is 0. The summed E-state index contributed by atoms with van der Waals surface area (Å²) >= 11 is 3.29. The van der Waals surface area contributed by atoms with Crippen molar-refractivity contribution in [3.05, 3.63) is 51.0 Å². The Labute approximate surface area is 132 Å². The maximum absolute atomic E-state index is 13.5. The molecule has 0 radical (unpaired) electrons. The summed E-state index contributed by atoms with van der Waals surface area (Å²) in [5, 5.41) is 4.53. The molecular weight excluding hydrogens is 335 g/mol. The summed E-state index contributed by atoms with van der Waals surface area (Å²) < 4.78 is 16.0. The largest absolute Gasteiger partial charge is 0.294 e. The first kappa shape index (κ1) is 15.9. The molecule has 0 fully saturated rings. The van der Waals surface area contributed by atoms with Gasteiger partial charge in [0.15, 0.2) is 5.78 Å². The normalized spacial score (nSPS) is 10.9. The fourth-order valence-corrected chi connectivity index (χ4v) is 3.08. The summed E-state index contributed by atoms with van der Waals surface area (Å²) in [6.45, 7) is 6.01. The fraction of sp³-hybridized carbons (Fsp3) is 0.375. The molecule has 0 aliphatic rings. The van der Waals surface area contributed by atoms with Gasteiger partial charge in [0.2, 0.25) is 0 Å². The van der Waals surface area contributed by atoms with Gasteiger partial charge in [-0.05, 0) is 43.5 Å². The van der Waals surface area contributed by atoms with Crippen LogP contribution in [0.4, 0.5) is 4.39 Å². The molecule has 0 saturated carbocycles. The van der Waals surface area contributed by atoms with Crippen molar-refractivity contribution in [2.24, 2.45) is 0 Å². The molecule has 3 nitrogen and oxygen atoms in total. The van der Waals surface area contributed by atoms with Gasteiger partial charge < -0.3 is 0 Å². The summed E-state index contributed by atoms with van der Waals surface area (Å²) in [5.74, 6) is -0.248. The van der Waals surface area contributed by atoms with Crippen molar-refractivity contribution in [2.75, 3.05) is 0 Å². The molecule has 0 atom stereocenters. The monoisotopic (exact) mass is 352 g/mol. The number of ketones is 1. The van der Waals surface area contributed by atoms with Crippen molar-refractivity contribution in [1.82, 2.24) is 9.78 Å². The highest BCUT2D eigenvalue weighted by atomic mass is 79.9. The molecule has 21 heavy (non-hydrogen) atoms. The topological polar surface area (TPSA) is 34.9 Å². The molecule has 0 amide bonds. The van der Waals surface area contributed by atoms with Gasteiger partial charge in [0, 0.05) is 10.2 Å². The highest BCUT2D eigenvalue weighted by Crippen LogP contribution is 2.20. The number of carbonyl (C=O) groups is 1. The first-order valence-electron chi connectivity index (χ1n) is 7.00. The van der Waals surface area contributed by atoms with Crippen LogP contribution >= 0.6 is 15.9 Å². The van der Waals surface area contributed by atoms with E-state index in [0.717, 1.165) is 28.9 Å². The third-order valence-corrected chi connectivity index (χ3v) is 3.86. The van der Waals surface area contributed by atoms with E-state index in [1.807, 2.05) is 24.6 Å². The second-order valence-corrected chi connectivity index (χ2v) is 5.88. The fourth-order valence-electron chi connectivity index (χ4n) is 2.57. The van der Waals surface area contributed by atoms with E-state index in [1.165, 1.54) is 12.1 Å². The zero-order valence-corrected chi connectivity index (χ0v) is 14.0. The summed E-state index contributed by atoms with van der Waals surface area (Å²) in [4.78, 5) is 11.9. The second-order valence-electron chi connectivity index (χ2n) is 4.97. The minimum Gasteiger partial charge on any atom is -0.294 e. The molecule has 2 rings (SSSR count). The molecule has 2 aromatic rings. The van der Waals surface area contributed by atoms with Crippen molar-refractivity contribution in [2.45, 2.75) is 40.2 Å². The Kier molecular flexibility index (Phi) is 4.93. The lowest BCUT2D eigenvalue weighted by Gasteiger charge is -2.08. The number of halogens is 2. The van der Waals surface area contributed by atoms with Crippen LogP contribution in [0.5, 0.6) is 0 Å². The molecule has 0 unspecified atom stereocenters. The average molecular weight is 353 g/mol. The quantitative estimate of drug-likeness (QED) is 0.757. The van der Waals surface area contributed by atoms with Gasteiger partial charge in [-0.1, -0.05) is 29.8 Å². The van der Waals surface area contributed by atoms with E-state index in [9.17, 15) is 9.18 Å². The Morgan fingerprint density at radius 3 is 2.52 bits per heavy atom. The molecule has 1 aromatic heterocycles. The Bertz CT molecular complexity index is 659. The van der Waals surface area contributed by atoms with Crippen LogP contribution in [-0.4, -0.2) is 15.6 Å². The van der Waals surface area contributed by atoms with E-state index in [4.69, 9.17) is 0 Å². The van der Waals surface area contributed by atoms with Crippen LogP contribution in [0.3, 0.4) is 0 Å². The van der Waals surface area contributed by atoms with Crippen LogP contribution in [0.15, 0.2) is 22.7 Å². The van der Waals surface area contributed by atoms with Crippen molar-refractivity contribution in [3.63, 3.8) is 0 Å². The lowest BCUT2D eigenvalue weighted by Crippen LogP contribution is -2.08.